The summed E-state index contributed by atoms with van der Waals surface area (Å²) in [7, 11) is 0. The van der Waals surface area contributed by atoms with E-state index in [4.69, 9.17) is 16.7 Å². The summed E-state index contributed by atoms with van der Waals surface area (Å²) >= 11 is 7.96. The highest BCUT2D eigenvalue weighted by Gasteiger charge is 2.16. The molecule has 0 spiro atoms. The monoisotopic (exact) mass is 313 g/mol. The van der Waals surface area contributed by atoms with Gasteiger partial charge in [-0.2, -0.15) is 0 Å². The summed E-state index contributed by atoms with van der Waals surface area (Å²) in [5, 5.41) is 10.6. The smallest absolute Gasteiger partial charge is 0.145 e. The number of aryl methyl sites for hydroxylation is 2. The lowest BCUT2D eigenvalue weighted by atomic mass is 10.2. The van der Waals surface area contributed by atoms with Gasteiger partial charge in [-0.15, -0.1) is 11.3 Å². The molecule has 0 saturated heterocycles. The van der Waals surface area contributed by atoms with Crippen LogP contribution < -0.4 is 0 Å². The van der Waals surface area contributed by atoms with Crippen LogP contribution in [-0.2, 0) is 6.54 Å². The van der Waals surface area contributed by atoms with Crippen molar-refractivity contribution in [2.45, 2.75) is 40.3 Å². The molecule has 0 radical (unpaired) electrons. The topological polar surface area (TPSA) is 49.2 Å². The second kappa shape index (κ2) is 6.35. The summed E-state index contributed by atoms with van der Waals surface area (Å²) < 4.78 is 0. The van der Waals surface area contributed by atoms with Crippen molar-refractivity contribution in [1.82, 2.24) is 14.9 Å². The first-order chi connectivity index (χ1) is 9.43. The number of aromatic nitrogens is 2. The molecule has 2 aromatic rings. The molecule has 0 fully saturated rings. The van der Waals surface area contributed by atoms with E-state index in [1.807, 2.05) is 0 Å². The molecule has 0 bridgehead atoms. The van der Waals surface area contributed by atoms with Crippen LogP contribution in [0.5, 0.6) is 0 Å². The summed E-state index contributed by atoms with van der Waals surface area (Å²) in [4.78, 5) is 13.3. The number of aliphatic hydroxyl groups is 1. The van der Waals surface area contributed by atoms with Crippen molar-refractivity contribution < 1.29 is 5.11 Å². The maximum absolute atomic E-state index is 9.12. The van der Waals surface area contributed by atoms with Gasteiger partial charge in [0.15, 0.2) is 0 Å². The highest BCUT2D eigenvalue weighted by Crippen LogP contribution is 2.33. The van der Waals surface area contributed by atoms with Gasteiger partial charge in [-0.05, 0) is 33.3 Å². The number of aliphatic hydroxyl groups excluding tert-OH is 1. The molecule has 1 N–H and O–H groups in total. The fourth-order valence-corrected chi connectivity index (χ4v) is 3.58. The number of rotatable bonds is 5. The average molecular weight is 314 g/mol. The molecule has 2 aromatic heterocycles. The first-order valence-corrected chi connectivity index (χ1v) is 7.90. The largest absolute Gasteiger partial charge is 0.395 e. The lowest BCUT2D eigenvalue weighted by Crippen LogP contribution is -2.33. The van der Waals surface area contributed by atoms with Gasteiger partial charge < -0.3 is 5.11 Å². The van der Waals surface area contributed by atoms with Crippen molar-refractivity contribution in [2.75, 3.05) is 13.2 Å². The van der Waals surface area contributed by atoms with E-state index in [-0.39, 0.29) is 6.61 Å². The minimum Gasteiger partial charge on any atom is -0.395 e. The van der Waals surface area contributed by atoms with Crippen molar-refractivity contribution in [1.29, 1.82) is 0 Å². The van der Waals surface area contributed by atoms with Crippen molar-refractivity contribution in [2.24, 2.45) is 0 Å². The molecular formula is C14H20ClN3OS. The quantitative estimate of drug-likeness (QED) is 0.861. The molecule has 2 heterocycles. The van der Waals surface area contributed by atoms with E-state index in [2.05, 4.69) is 42.6 Å². The Bertz CT molecular complexity index is 612. The van der Waals surface area contributed by atoms with Gasteiger partial charge in [0.05, 0.1) is 18.5 Å². The standard InChI is InChI=1S/C14H20ClN3OS/c1-8(2)18(5-6-19)7-11-16-13(15)12-9(3)10(4)20-14(12)17-11/h8,19H,5-7H2,1-4H3. The molecule has 0 unspecified atom stereocenters. The molecule has 0 aliphatic heterocycles. The number of halogens is 1. The van der Waals surface area contributed by atoms with Crippen LogP contribution in [0.2, 0.25) is 5.15 Å². The van der Waals surface area contributed by atoms with Crippen molar-refractivity contribution in [3.8, 4) is 0 Å². The summed E-state index contributed by atoms with van der Waals surface area (Å²) in [5.41, 5.74) is 1.16. The Labute approximate surface area is 128 Å². The number of fused-ring (bicyclic) bond motifs is 1. The van der Waals surface area contributed by atoms with Crippen LogP contribution in [0.25, 0.3) is 10.2 Å². The average Bonchev–Trinajstić information content (AvgIpc) is 2.64. The zero-order valence-electron chi connectivity index (χ0n) is 12.3. The fourth-order valence-electron chi connectivity index (χ4n) is 2.14. The molecule has 2 rings (SSSR count). The van der Waals surface area contributed by atoms with Gasteiger partial charge >= 0.3 is 0 Å². The number of nitrogens with zero attached hydrogens (tertiary/aromatic N) is 3. The van der Waals surface area contributed by atoms with Gasteiger partial charge in [0.2, 0.25) is 0 Å². The Balaban J connectivity index is 2.36. The van der Waals surface area contributed by atoms with Crippen LogP contribution in [0.15, 0.2) is 0 Å². The number of hydrogen-bond donors (Lipinski definition) is 1. The lowest BCUT2D eigenvalue weighted by Gasteiger charge is -2.24. The van der Waals surface area contributed by atoms with E-state index in [1.165, 1.54) is 4.88 Å². The first-order valence-electron chi connectivity index (χ1n) is 6.71. The minimum absolute atomic E-state index is 0.130. The summed E-state index contributed by atoms with van der Waals surface area (Å²) in [5.74, 6) is 0.714. The third-order valence-corrected chi connectivity index (χ3v) is 4.87. The molecule has 0 saturated carbocycles. The van der Waals surface area contributed by atoms with Crippen LogP contribution >= 0.6 is 22.9 Å². The zero-order valence-corrected chi connectivity index (χ0v) is 13.8. The first kappa shape index (κ1) is 15.6. The fraction of sp³-hybridized carbons (Fsp3) is 0.571. The molecule has 0 aliphatic carbocycles. The Morgan fingerprint density at radius 2 is 2.00 bits per heavy atom. The van der Waals surface area contributed by atoms with E-state index < -0.39 is 0 Å². The second-order valence-electron chi connectivity index (χ2n) is 5.18. The van der Waals surface area contributed by atoms with Gasteiger partial charge in [0.25, 0.3) is 0 Å². The highest BCUT2D eigenvalue weighted by atomic mass is 35.5. The molecule has 0 aromatic carbocycles. The predicted molar refractivity (Wildman–Crippen MR) is 84.5 cm³/mol. The highest BCUT2D eigenvalue weighted by molar-refractivity contribution is 7.18. The maximum Gasteiger partial charge on any atom is 0.145 e. The van der Waals surface area contributed by atoms with Crippen LogP contribution in [0.1, 0.15) is 30.1 Å². The molecule has 20 heavy (non-hydrogen) atoms. The van der Waals surface area contributed by atoms with E-state index in [1.54, 1.807) is 11.3 Å². The van der Waals surface area contributed by atoms with E-state index >= 15 is 0 Å². The van der Waals surface area contributed by atoms with Gasteiger partial charge in [-0.1, -0.05) is 11.6 Å². The normalized spacial score (nSPS) is 12.0. The lowest BCUT2D eigenvalue weighted by molar-refractivity contribution is 0.156. The Morgan fingerprint density at radius 3 is 2.60 bits per heavy atom. The van der Waals surface area contributed by atoms with E-state index in [0.29, 0.717) is 30.1 Å². The molecule has 110 valence electrons. The van der Waals surface area contributed by atoms with Crippen LogP contribution in [0.4, 0.5) is 0 Å². The summed E-state index contributed by atoms with van der Waals surface area (Å²) in [6, 6.07) is 0.326. The third kappa shape index (κ3) is 3.11. The van der Waals surface area contributed by atoms with Crippen LogP contribution in [0.3, 0.4) is 0 Å². The van der Waals surface area contributed by atoms with Crippen LogP contribution in [-0.4, -0.2) is 39.2 Å². The molecular weight excluding hydrogens is 294 g/mol. The van der Waals surface area contributed by atoms with Gasteiger partial charge in [0.1, 0.15) is 15.8 Å². The molecule has 0 atom stereocenters. The van der Waals surface area contributed by atoms with E-state index in [9.17, 15) is 0 Å². The van der Waals surface area contributed by atoms with Crippen molar-refractivity contribution in [3.63, 3.8) is 0 Å². The molecule has 6 heteroatoms. The zero-order chi connectivity index (χ0) is 14.9. The Hall–Kier alpha value is -0.750. The van der Waals surface area contributed by atoms with E-state index in [0.717, 1.165) is 15.8 Å². The van der Waals surface area contributed by atoms with Gasteiger partial charge in [-0.3, -0.25) is 4.90 Å². The molecule has 4 nitrogen and oxygen atoms in total. The van der Waals surface area contributed by atoms with Gasteiger partial charge in [-0.25, -0.2) is 9.97 Å². The Kier molecular flexibility index (Phi) is 4.96. The minimum atomic E-state index is 0.130. The summed E-state index contributed by atoms with van der Waals surface area (Å²) in [6.45, 7) is 9.65. The SMILES string of the molecule is Cc1sc2nc(CN(CCO)C(C)C)nc(Cl)c2c1C. The second-order valence-corrected chi connectivity index (χ2v) is 6.74. The third-order valence-electron chi connectivity index (χ3n) is 3.49. The number of thiophene rings is 1. The predicted octanol–water partition coefficient (Wildman–Crippen LogP) is 3.16. The molecule has 0 aliphatic rings. The van der Waals surface area contributed by atoms with Crippen molar-refractivity contribution in [3.05, 3.63) is 21.4 Å². The number of hydrogen-bond acceptors (Lipinski definition) is 5. The van der Waals surface area contributed by atoms with Crippen molar-refractivity contribution >= 4 is 33.2 Å². The molecule has 0 amide bonds. The van der Waals surface area contributed by atoms with Gasteiger partial charge in [0, 0.05) is 17.5 Å². The summed E-state index contributed by atoms with van der Waals surface area (Å²) in [6.07, 6.45) is 0. The maximum atomic E-state index is 9.12. The van der Waals surface area contributed by atoms with Crippen LogP contribution in [0, 0.1) is 13.8 Å². The Morgan fingerprint density at radius 1 is 1.30 bits per heavy atom.